The maximum atomic E-state index is 13.4. The minimum atomic E-state index is -0.838. The summed E-state index contributed by atoms with van der Waals surface area (Å²) in [6.45, 7) is 1.46. The summed E-state index contributed by atoms with van der Waals surface area (Å²) in [5.74, 6) is -0.395. The maximum absolute atomic E-state index is 13.4. The van der Waals surface area contributed by atoms with E-state index < -0.39 is 10.6 Å². The molecule has 31 heavy (non-hydrogen) atoms. The number of amides is 1. The van der Waals surface area contributed by atoms with Crippen LogP contribution in [0.4, 0.5) is 0 Å². The lowest BCUT2D eigenvalue weighted by Gasteiger charge is -2.47. The van der Waals surface area contributed by atoms with Gasteiger partial charge in [-0.1, -0.05) is 23.7 Å². The minimum Gasteiger partial charge on any atom is -0.625 e. The smallest absolute Gasteiger partial charge is 0.346 e. The molecule has 1 aliphatic carbocycles. The molecule has 1 saturated heterocycles. The Bertz CT molecular complexity index is 1110. The lowest BCUT2D eigenvalue weighted by Crippen LogP contribution is -2.59. The number of fused-ring (bicyclic) bond motifs is 2. The molecule has 1 aliphatic heterocycles. The van der Waals surface area contributed by atoms with Crippen LogP contribution in [-0.4, -0.2) is 51.6 Å². The largest absolute Gasteiger partial charge is 0.625 e. The molecule has 6 nitrogen and oxygen atoms in total. The van der Waals surface area contributed by atoms with Crippen LogP contribution in [0.5, 0.6) is 0 Å². The second-order valence-corrected chi connectivity index (χ2v) is 8.64. The number of rotatable bonds is 2. The summed E-state index contributed by atoms with van der Waals surface area (Å²) in [4.78, 5) is 23.9. The predicted octanol–water partition coefficient (Wildman–Crippen LogP) is 3.79. The van der Waals surface area contributed by atoms with Crippen molar-refractivity contribution >= 4 is 17.5 Å². The number of aryl methyl sites for hydroxylation is 2. The number of piperazine rings is 1. The number of halogens is 1. The van der Waals surface area contributed by atoms with Gasteiger partial charge in [0.2, 0.25) is 0 Å². The highest BCUT2D eigenvalue weighted by atomic mass is 35.5. The molecule has 0 spiro atoms. The van der Waals surface area contributed by atoms with E-state index in [0.29, 0.717) is 18.7 Å². The Morgan fingerprint density at radius 3 is 2.55 bits per heavy atom. The molecule has 1 atom stereocenters. The van der Waals surface area contributed by atoms with Crippen molar-refractivity contribution in [2.45, 2.75) is 18.9 Å². The van der Waals surface area contributed by atoms with Crippen molar-refractivity contribution in [2.24, 2.45) is 0 Å². The van der Waals surface area contributed by atoms with Crippen molar-refractivity contribution in [3.05, 3.63) is 99.2 Å². The summed E-state index contributed by atoms with van der Waals surface area (Å²) < 4.78 is -0.838. The van der Waals surface area contributed by atoms with Gasteiger partial charge in [0, 0.05) is 36.7 Å². The topological polar surface area (TPSA) is 69.2 Å². The molecule has 0 radical (unpaired) electrons. The van der Waals surface area contributed by atoms with E-state index in [4.69, 9.17) is 16.6 Å². The zero-order chi connectivity index (χ0) is 21.4. The van der Waals surface area contributed by atoms with Gasteiger partial charge >= 0.3 is 5.91 Å². The maximum Gasteiger partial charge on any atom is 0.346 e. The molecule has 1 fully saturated rings. The number of quaternary nitrogens is 1. The first kappa shape index (κ1) is 20.3. The molecule has 1 amide bonds. The van der Waals surface area contributed by atoms with Crippen molar-refractivity contribution in [1.29, 1.82) is 0 Å². The predicted molar refractivity (Wildman–Crippen MR) is 118 cm³/mol. The van der Waals surface area contributed by atoms with Crippen LogP contribution < -0.4 is 0 Å². The third kappa shape index (κ3) is 3.77. The number of hydrogen-bond acceptors (Lipinski definition) is 5. The fourth-order valence-corrected chi connectivity index (χ4v) is 4.94. The standard InChI is InChI=1S/C24H23ClN4O2/c25-20-5-6-21-19(16-20)4-3-17-2-1-9-27-22(17)23(21)28-12-14-29(31,15-13-28)24(30)18-7-10-26-11-8-18/h1-2,5-11,16,23H,3-4,12-15H2. The third-order valence-electron chi connectivity index (χ3n) is 6.41. The Morgan fingerprint density at radius 1 is 1.03 bits per heavy atom. The van der Waals surface area contributed by atoms with Crippen LogP contribution in [0.3, 0.4) is 0 Å². The lowest BCUT2D eigenvalue weighted by atomic mass is 9.96. The van der Waals surface area contributed by atoms with E-state index in [-0.39, 0.29) is 19.1 Å². The number of carbonyl (C=O) groups excluding carboxylic acids is 1. The Morgan fingerprint density at radius 2 is 1.77 bits per heavy atom. The molecule has 158 valence electrons. The summed E-state index contributed by atoms with van der Waals surface area (Å²) in [7, 11) is 0. The highest BCUT2D eigenvalue weighted by molar-refractivity contribution is 6.30. The number of carbonyl (C=O) groups is 1. The Hall–Kier alpha value is -2.64. The average molecular weight is 435 g/mol. The zero-order valence-electron chi connectivity index (χ0n) is 17.1. The van der Waals surface area contributed by atoms with Crippen LogP contribution in [0.25, 0.3) is 0 Å². The molecule has 0 bridgehead atoms. The molecule has 2 aromatic heterocycles. The van der Waals surface area contributed by atoms with Gasteiger partial charge in [0.25, 0.3) is 0 Å². The number of hydrogen-bond donors (Lipinski definition) is 0. The monoisotopic (exact) mass is 434 g/mol. The normalized spacial score (nSPS) is 20.4. The van der Waals surface area contributed by atoms with Gasteiger partial charge in [0.15, 0.2) is 0 Å². The van der Waals surface area contributed by atoms with Crippen molar-refractivity contribution in [1.82, 2.24) is 14.9 Å². The summed E-state index contributed by atoms with van der Waals surface area (Å²) in [5.41, 5.74) is 5.08. The van der Waals surface area contributed by atoms with E-state index in [9.17, 15) is 10.0 Å². The number of hydroxylamine groups is 3. The molecule has 1 aromatic carbocycles. The second-order valence-electron chi connectivity index (χ2n) is 8.21. The average Bonchev–Trinajstić information content (AvgIpc) is 2.96. The zero-order valence-corrected chi connectivity index (χ0v) is 17.8. The Kier molecular flexibility index (Phi) is 5.32. The Labute approximate surface area is 186 Å². The van der Waals surface area contributed by atoms with Crippen molar-refractivity contribution in [3.63, 3.8) is 0 Å². The fourth-order valence-electron chi connectivity index (χ4n) is 4.75. The van der Waals surface area contributed by atoms with Crippen LogP contribution >= 0.6 is 11.6 Å². The van der Waals surface area contributed by atoms with Gasteiger partial charge in [-0.25, -0.2) is 4.79 Å². The van der Waals surface area contributed by atoms with Gasteiger partial charge in [-0.15, -0.1) is 0 Å². The minimum absolute atomic E-state index is 0.0456. The van der Waals surface area contributed by atoms with E-state index >= 15 is 0 Å². The van der Waals surface area contributed by atoms with E-state index in [0.717, 1.165) is 23.6 Å². The molecule has 2 aliphatic rings. The third-order valence-corrected chi connectivity index (χ3v) is 6.64. The molecule has 5 rings (SSSR count). The number of pyridine rings is 2. The van der Waals surface area contributed by atoms with Gasteiger partial charge in [-0.3, -0.25) is 19.5 Å². The van der Waals surface area contributed by atoms with Crippen molar-refractivity contribution in [2.75, 3.05) is 26.2 Å². The number of benzene rings is 1. The Balaban J connectivity index is 1.46. The van der Waals surface area contributed by atoms with E-state index in [2.05, 4.69) is 22.0 Å². The highest BCUT2D eigenvalue weighted by Gasteiger charge is 2.38. The first-order valence-electron chi connectivity index (χ1n) is 10.5. The lowest BCUT2D eigenvalue weighted by molar-refractivity contribution is -0.804. The molecule has 7 heteroatoms. The van der Waals surface area contributed by atoms with E-state index in [1.807, 2.05) is 24.4 Å². The van der Waals surface area contributed by atoms with E-state index in [1.165, 1.54) is 16.7 Å². The van der Waals surface area contributed by atoms with Gasteiger partial charge in [0.1, 0.15) is 0 Å². The van der Waals surface area contributed by atoms with E-state index in [1.54, 1.807) is 24.5 Å². The van der Waals surface area contributed by atoms with Crippen LogP contribution in [-0.2, 0) is 12.8 Å². The first-order chi connectivity index (χ1) is 15.0. The van der Waals surface area contributed by atoms with Gasteiger partial charge in [0.05, 0.1) is 30.4 Å². The van der Waals surface area contributed by atoms with Gasteiger partial charge in [-0.05, 0) is 59.9 Å². The SMILES string of the molecule is O=C(c1ccncc1)[N+]1([O-])CCN(C2c3ccc(Cl)cc3CCc3cccnc32)CC1. The van der Waals surface area contributed by atoms with Gasteiger partial charge in [-0.2, -0.15) is 0 Å². The highest BCUT2D eigenvalue weighted by Crippen LogP contribution is 2.37. The number of nitrogens with zero attached hydrogens (tertiary/aromatic N) is 4. The van der Waals surface area contributed by atoms with Crippen LogP contribution in [0.1, 0.15) is 38.8 Å². The van der Waals surface area contributed by atoms with Gasteiger partial charge < -0.3 is 5.21 Å². The molecular weight excluding hydrogens is 412 g/mol. The fraction of sp³-hybridized carbons (Fsp3) is 0.292. The molecule has 3 heterocycles. The molecule has 1 unspecified atom stereocenters. The van der Waals surface area contributed by atoms with Crippen LogP contribution in [0, 0.1) is 5.21 Å². The molecular formula is C24H23ClN4O2. The first-order valence-corrected chi connectivity index (χ1v) is 10.9. The summed E-state index contributed by atoms with van der Waals surface area (Å²) in [6.07, 6.45) is 6.74. The summed E-state index contributed by atoms with van der Waals surface area (Å²) in [6, 6.07) is 13.3. The van der Waals surface area contributed by atoms with Crippen LogP contribution in [0.15, 0.2) is 61.1 Å². The number of aromatic nitrogens is 2. The molecule has 0 saturated carbocycles. The molecule has 0 N–H and O–H groups in total. The van der Waals surface area contributed by atoms with Crippen LogP contribution in [0.2, 0.25) is 5.02 Å². The summed E-state index contributed by atoms with van der Waals surface area (Å²) in [5, 5.41) is 14.1. The molecule has 3 aromatic rings. The summed E-state index contributed by atoms with van der Waals surface area (Å²) >= 11 is 6.29. The quantitative estimate of drug-likeness (QED) is 0.453. The van der Waals surface area contributed by atoms with Crippen molar-refractivity contribution < 1.29 is 9.44 Å². The second kappa shape index (κ2) is 8.13. The van der Waals surface area contributed by atoms with Crippen molar-refractivity contribution in [3.8, 4) is 0 Å².